The van der Waals surface area contributed by atoms with Crippen LogP contribution in [0.1, 0.15) is 22.3 Å². The van der Waals surface area contributed by atoms with E-state index in [4.69, 9.17) is 18.9 Å². The molecule has 0 fully saturated rings. The maximum absolute atomic E-state index is 13.8. The van der Waals surface area contributed by atoms with Crippen molar-refractivity contribution in [1.82, 2.24) is 0 Å². The minimum Gasteiger partial charge on any atom is -0.497 e. The summed E-state index contributed by atoms with van der Waals surface area (Å²) >= 11 is 3.49. The van der Waals surface area contributed by atoms with Gasteiger partial charge >= 0.3 is 5.97 Å². The summed E-state index contributed by atoms with van der Waals surface area (Å²) in [5.41, 5.74) is 1.34. The highest BCUT2D eigenvalue weighted by Crippen LogP contribution is 2.50. The number of amides is 1. The SMILES string of the molecule is COC(=O)C1(c2cc(OCc3ccccc3)ccc2OCc2ccc(OC)cc2)C(=O)Nc2c(Br)cccc21. The molecule has 4 aromatic carbocycles. The number of carbonyl (C=O) groups is 2. The van der Waals surface area contributed by atoms with Gasteiger partial charge in [0, 0.05) is 15.6 Å². The molecule has 0 aromatic heterocycles. The molecule has 8 heteroatoms. The van der Waals surface area contributed by atoms with Gasteiger partial charge in [0.2, 0.25) is 5.41 Å². The van der Waals surface area contributed by atoms with Crippen molar-refractivity contribution in [3.8, 4) is 17.2 Å². The van der Waals surface area contributed by atoms with Gasteiger partial charge in [-0.2, -0.15) is 0 Å². The van der Waals surface area contributed by atoms with E-state index in [0.717, 1.165) is 16.9 Å². The van der Waals surface area contributed by atoms with Crippen LogP contribution in [-0.4, -0.2) is 26.1 Å². The first-order valence-electron chi connectivity index (χ1n) is 12.2. The zero-order valence-electron chi connectivity index (χ0n) is 21.4. The molecule has 7 nitrogen and oxygen atoms in total. The van der Waals surface area contributed by atoms with E-state index >= 15 is 0 Å². The predicted octanol–water partition coefficient (Wildman–Crippen LogP) is 6.03. The predicted molar refractivity (Wildman–Crippen MR) is 150 cm³/mol. The van der Waals surface area contributed by atoms with Gasteiger partial charge in [0.05, 0.1) is 19.9 Å². The van der Waals surface area contributed by atoms with Gasteiger partial charge in [0.1, 0.15) is 30.5 Å². The smallest absolute Gasteiger partial charge is 0.330 e. The fourth-order valence-corrected chi connectivity index (χ4v) is 5.13. The third kappa shape index (κ3) is 4.95. The Morgan fingerprint density at radius 2 is 1.49 bits per heavy atom. The van der Waals surface area contributed by atoms with Crippen LogP contribution < -0.4 is 19.5 Å². The van der Waals surface area contributed by atoms with E-state index in [2.05, 4.69) is 21.2 Å². The lowest BCUT2D eigenvalue weighted by atomic mass is 9.74. The molecule has 1 heterocycles. The highest BCUT2D eigenvalue weighted by molar-refractivity contribution is 9.10. The Morgan fingerprint density at radius 3 is 2.21 bits per heavy atom. The first kappa shape index (κ1) is 26.3. The number of hydrogen-bond acceptors (Lipinski definition) is 6. The van der Waals surface area contributed by atoms with Crippen molar-refractivity contribution >= 4 is 33.5 Å². The summed E-state index contributed by atoms with van der Waals surface area (Å²) in [5.74, 6) is 0.294. The van der Waals surface area contributed by atoms with Crippen LogP contribution in [0.25, 0.3) is 0 Å². The zero-order valence-corrected chi connectivity index (χ0v) is 23.0. The third-order valence-corrected chi connectivity index (χ3v) is 7.31. The maximum atomic E-state index is 13.8. The van der Waals surface area contributed by atoms with Crippen LogP contribution >= 0.6 is 15.9 Å². The van der Waals surface area contributed by atoms with E-state index in [0.29, 0.717) is 39.4 Å². The molecule has 0 saturated carbocycles. The number of rotatable bonds is 9. The standard InChI is InChI=1S/C31H26BrNO6/c1-36-22-13-11-21(12-14-22)19-39-27-16-15-23(38-18-20-7-4-3-5-8-20)17-25(27)31(30(35)37-2)24-9-6-10-26(32)28(24)33-29(31)34/h3-17H,18-19H2,1-2H3,(H,33,34). The Hall–Kier alpha value is -4.30. The van der Waals surface area contributed by atoms with E-state index in [1.807, 2.05) is 54.6 Å². The van der Waals surface area contributed by atoms with E-state index in [-0.39, 0.29) is 6.61 Å². The van der Waals surface area contributed by atoms with Gasteiger partial charge in [-0.1, -0.05) is 54.6 Å². The van der Waals surface area contributed by atoms with E-state index in [1.165, 1.54) is 7.11 Å². The van der Waals surface area contributed by atoms with Crippen molar-refractivity contribution < 1.29 is 28.5 Å². The second-order valence-corrected chi connectivity index (χ2v) is 9.78. The molecule has 0 aliphatic carbocycles. The Kier molecular flexibility index (Phi) is 7.56. The van der Waals surface area contributed by atoms with Crippen LogP contribution in [0.15, 0.2) is 95.5 Å². The number of halogens is 1. The normalized spacial score (nSPS) is 15.7. The number of hydrogen-bond donors (Lipinski definition) is 1. The van der Waals surface area contributed by atoms with Gasteiger partial charge in [0.25, 0.3) is 5.91 Å². The summed E-state index contributed by atoms with van der Waals surface area (Å²) in [6, 6.07) is 27.6. The summed E-state index contributed by atoms with van der Waals surface area (Å²) in [6.45, 7) is 0.511. The lowest BCUT2D eigenvalue weighted by Gasteiger charge is -2.28. The highest BCUT2D eigenvalue weighted by atomic mass is 79.9. The summed E-state index contributed by atoms with van der Waals surface area (Å²) < 4.78 is 23.5. The number of esters is 1. The molecule has 1 N–H and O–H groups in total. The van der Waals surface area contributed by atoms with Gasteiger partial charge in [0.15, 0.2) is 0 Å². The lowest BCUT2D eigenvalue weighted by molar-refractivity contribution is -0.148. The van der Waals surface area contributed by atoms with Crippen molar-refractivity contribution in [1.29, 1.82) is 0 Å². The molecule has 1 amide bonds. The van der Waals surface area contributed by atoms with Gasteiger partial charge in [-0.05, 0) is 63.5 Å². The van der Waals surface area contributed by atoms with Crippen LogP contribution in [0.5, 0.6) is 17.2 Å². The number of fused-ring (bicyclic) bond motifs is 1. The van der Waals surface area contributed by atoms with Crippen molar-refractivity contribution in [3.63, 3.8) is 0 Å². The summed E-state index contributed by atoms with van der Waals surface area (Å²) in [4.78, 5) is 27.4. The molecular weight excluding hydrogens is 562 g/mol. The molecule has 4 aromatic rings. The average Bonchev–Trinajstić information content (AvgIpc) is 3.29. The average molecular weight is 588 g/mol. The summed E-state index contributed by atoms with van der Waals surface area (Å²) in [5, 5.41) is 2.86. The molecule has 0 spiro atoms. The Balaban J connectivity index is 1.60. The lowest BCUT2D eigenvalue weighted by Crippen LogP contribution is -2.44. The molecule has 0 bridgehead atoms. The van der Waals surface area contributed by atoms with Crippen LogP contribution in [0, 0.1) is 0 Å². The molecule has 0 radical (unpaired) electrons. The number of nitrogens with one attached hydrogen (secondary N) is 1. The number of carbonyl (C=O) groups excluding carboxylic acids is 2. The fraction of sp³-hybridized carbons (Fsp3) is 0.161. The van der Waals surface area contributed by atoms with Crippen LogP contribution in [-0.2, 0) is 33.0 Å². The van der Waals surface area contributed by atoms with E-state index in [1.54, 1.807) is 43.5 Å². The maximum Gasteiger partial charge on any atom is 0.330 e. The number of para-hydroxylation sites is 1. The quantitative estimate of drug-likeness (QED) is 0.190. The fourth-order valence-electron chi connectivity index (χ4n) is 4.67. The molecular formula is C31H26BrNO6. The minimum absolute atomic E-state index is 0.200. The van der Waals surface area contributed by atoms with Gasteiger partial charge in [-0.15, -0.1) is 0 Å². The largest absolute Gasteiger partial charge is 0.497 e. The Morgan fingerprint density at radius 1 is 0.795 bits per heavy atom. The zero-order chi connectivity index (χ0) is 27.4. The monoisotopic (exact) mass is 587 g/mol. The molecule has 198 valence electrons. The topological polar surface area (TPSA) is 83.1 Å². The van der Waals surface area contributed by atoms with Crippen LogP contribution in [0.4, 0.5) is 5.69 Å². The molecule has 0 saturated heterocycles. The summed E-state index contributed by atoms with van der Waals surface area (Å²) in [6.07, 6.45) is 0. The summed E-state index contributed by atoms with van der Waals surface area (Å²) in [7, 11) is 2.87. The number of anilines is 1. The Bertz CT molecular complexity index is 1510. The minimum atomic E-state index is -1.81. The molecule has 5 rings (SSSR count). The second kappa shape index (κ2) is 11.2. The third-order valence-electron chi connectivity index (χ3n) is 6.65. The molecule has 1 aliphatic rings. The molecule has 1 atom stereocenters. The first-order chi connectivity index (χ1) is 19.0. The van der Waals surface area contributed by atoms with Crippen molar-refractivity contribution in [3.05, 3.63) is 118 Å². The number of benzene rings is 4. The number of ether oxygens (including phenoxy) is 4. The molecule has 1 unspecified atom stereocenters. The molecule has 39 heavy (non-hydrogen) atoms. The molecule has 1 aliphatic heterocycles. The van der Waals surface area contributed by atoms with Crippen molar-refractivity contribution in [2.75, 3.05) is 19.5 Å². The van der Waals surface area contributed by atoms with Gasteiger partial charge < -0.3 is 24.3 Å². The highest BCUT2D eigenvalue weighted by Gasteiger charge is 2.57. The van der Waals surface area contributed by atoms with Crippen molar-refractivity contribution in [2.24, 2.45) is 0 Å². The van der Waals surface area contributed by atoms with Crippen LogP contribution in [0.2, 0.25) is 0 Å². The number of methoxy groups -OCH3 is 2. The van der Waals surface area contributed by atoms with E-state index in [9.17, 15) is 9.59 Å². The first-order valence-corrected chi connectivity index (χ1v) is 13.0. The van der Waals surface area contributed by atoms with Crippen molar-refractivity contribution in [2.45, 2.75) is 18.6 Å². The van der Waals surface area contributed by atoms with Crippen LogP contribution in [0.3, 0.4) is 0 Å². The van der Waals surface area contributed by atoms with E-state index < -0.39 is 17.3 Å². The van der Waals surface area contributed by atoms with Gasteiger partial charge in [-0.25, -0.2) is 0 Å². The van der Waals surface area contributed by atoms with Gasteiger partial charge in [-0.3, -0.25) is 9.59 Å². The Labute approximate surface area is 234 Å². The second-order valence-electron chi connectivity index (χ2n) is 8.93.